The van der Waals surface area contributed by atoms with Gasteiger partial charge in [0.1, 0.15) is 0 Å². The average Bonchev–Trinajstić information content (AvgIpc) is 2.69. The number of nitrogens with one attached hydrogen (secondary N) is 1. The number of ether oxygens (including phenoxy) is 2. The normalized spacial score (nSPS) is 10.7. The highest BCUT2D eigenvalue weighted by atomic mass is 79.9. The Morgan fingerprint density at radius 3 is 2.66 bits per heavy atom. The summed E-state index contributed by atoms with van der Waals surface area (Å²) in [5.74, 6) is 0.316. The van der Waals surface area contributed by atoms with Crippen LogP contribution in [0.4, 0.5) is 5.69 Å². The van der Waals surface area contributed by atoms with Gasteiger partial charge in [-0.25, -0.2) is 0 Å². The lowest BCUT2D eigenvalue weighted by Crippen LogP contribution is -2.33. The van der Waals surface area contributed by atoms with Gasteiger partial charge in [0.05, 0.1) is 31.0 Å². The molecule has 0 atom stereocenters. The Kier molecular flexibility index (Phi) is 8.54. The minimum Gasteiger partial charge on any atom is -0.493 e. The number of nitrogens with zero attached hydrogens (tertiary/aromatic N) is 1. The summed E-state index contributed by atoms with van der Waals surface area (Å²) in [4.78, 5) is 25.8. The number of amides is 2. The predicted molar refractivity (Wildman–Crippen MR) is 119 cm³/mol. The highest BCUT2D eigenvalue weighted by molar-refractivity contribution is 9.10. The van der Waals surface area contributed by atoms with Gasteiger partial charge in [0.15, 0.2) is 11.5 Å². The summed E-state index contributed by atoms with van der Waals surface area (Å²) < 4.78 is 11.5. The summed E-state index contributed by atoms with van der Waals surface area (Å²) in [6.45, 7) is 2.22. The number of hydrogen-bond acceptors (Lipinski definition) is 4. The zero-order chi connectivity index (χ0) is 21.4. The summed E-state index contributed by atoms with van der Waals surface area (Å²) in [5, 5.41) is 3.15. The number of carbonyl (C=O) groups is 2. The summed E-state index contributed by atoms with van der Waals surface area (Å²) in [5.41, 5.74) is 1.32. The SMILES string of the molecule is CCOc1c(Cl)cc(/C=C/C(=O)N(C)CC(=O)Nc2ccccc2Br)cc1OC. The molecule has 0 aliphatic carbocycles. The molecule has 29 heavy (non-hydrogen) atoms. The molecule has 0 bridgehead atoms. The van der Waals surface area contributed by atoms with E-state index in [1.165, 1.54) is 18.1 Å². The molecule has 0 aliphatic heterocycles. The number of likely N-dealkylation sites (N-methyl/N-ethyl adjacent to an activating group) is 1. The van der Waals surface area contributed by atoms with Crippen LogP contribution in [0.2, 0.25) is 5.02 Å². The summed E-state index contributed by atoms with van der Waals surface area (Å²) in [6, 6.07) is 10.7. The number of para-hydroxylation sites is 1. The van der Waals surface area contributed by atoms with Crippen LogP contribution in [-0.2, 0) is 9.59 Å². The fraction of sp³-hybridized carbons (Fsp3) is 0.238. The molecule has 0 aliphatic rings. The number of rotatable bonds is 8. The molecular weight excluding hydrogens is 460 g/mol. The molecule has 0 saturated carbocycles. The second kappa shape index (κ2) is 10.9. The summed E-state index contributed by atoms with van der Waals surface area (Å²) in [6.07, 6.45) is 2.98. The van der Waals surface area contributed by atoms with Gasteiger partial charge in [-0.3, -0.25) is 9.59 Å². The lowest BCUT2D eigenvalue weighted by Gasteiger charge is -2.15. The van der Waals surface area contributed by atoms with Crippen molar-refractivity contribution in [2.75, 3.05) is 32.6 Å². The molecule has 0 fully saturated rings. The van der Waals surface area contributed by atoms with Crippen LogP contribution in [0, 0.1) is 0 Å². The molecule has 0 heterocycles. The van der Waals surface area contributed by atoms with Crippen LogP contribution < -0.4 is 14.8 Å². The molecule has 2 aromatic carbocycles. The minimum atomic E-state index is -0.323. The molecule has 1 N–H and O–H groups in total. The van der Waals surface area contributed by atoms with E-state index in [2.05, 4.69) is 21.2 Å². The molecule has 8 heteroatoms. The van der Waals surface area contributed by atoms with Crippen molar-refractivity contribution in [1.82, 2.24) is 4.90 Å². The van der Waals surface area contributed by atoms with Gasteiger partial charge < -0.3 is 19.7 Å². The Morgan fingerprint density at radius 1 is 1.28 bits per heavy atom. The van der Waals surface area contributed by atoms with Crippen molar-refractivity contribution in [2.45, 2.75) is 6.92 Å². The molecule has 6 nitrogen and oxygen atoms in total. The van der Waals surface area contributed by atoms with Crippen LogP contribution in [0.25, 0.3) is 6.08 Å². The van der Waals surface area contributed by atoms with E-state index in [0.29, 0.717) is 34.4 Å². The highest BCUT2D eigenvalue weighted by Gasteiger charge is 2.13. The van der Waals surface area contributed by atoms with Crippen molar-refractivity contribution in [1.29, 1.82) is 0 Å². The molecule has 154 valence electrons. The first-order chi connectivity index (χ1) is 13.8. The van der Waals surface area contributed by atoms with E-state index in [1.54, 1.807) is 31.3 Å². The van der Waals surface area contributed by atoms with Crippen LogP contribution in [-0.4, -0.2) is 44.0 Å². The molecule has 2 rings (SSSR count). The van der Waals surface area contributed by atoms with Gasteiger partial charge in [0.2, 0.25) is 11.8 Å². The lowest BCUT2D eigenvalue weighted by atomic mass is 10.2. The van der Waals surface area contributed by atoms with E-state index in [1.807, 2.05) is 25.1 Å². The van der Waals surface area contributed by atoms with Crippen molar-refractivity contribution in [2.24, 2.45) is 0 Å². The third-order valence-electron chi connectivity index (χ3n) is 3.86. The van der Waals surface area contributed by atoms with Gasteiger partial charge in [0, 0.05) is 17.6 Å². The lowest BCUT2D eigenvalue weighted by molar-refractivity contribution is -0.129. The maximum Gasteiger partial charge on any atom is 0.246 e. The standard InChI is InChI=1S/C21H22BrClN2O4/c1-4-29-21-16(23)11-14(12-18(21)28-3)9-10-20(27)25(2)13-19(26)24-17-8-6-5-7-15(17)22/h5-12H,4,13H2,1-3H3,(H,24,26)/b10-9+. The fourth-order valence-corrected chi connectivity index (χ4v) is 3.12. The number of hydrogen-bond donors (Lipinski definition) is 1. The zero-order valence-electron chi connectivity index (χ0n) is 16.4. The van der Waals surface area contributed by atoms with Crippen LogP contribution >= 0.6 is 27.5 Å². The minimum absolute atomic E-state index is 0.0855. The molecule has 0 unspecified atom stereocenters. The van der Waals surface area contributed by atoms with E-state index < -0.39 is 0 Å². The van der Waals surface area contributed by atoms with Crippen molar-refractivity contribution in [3.63, 3.8) is 0 Å². The third-order valence-corrected chi connectivity index (χ3v) is 4.84. The largest absolute Gasteiger partial charge is 0.493 e. The second-order valence-corrected chi connectivity index (χ2v) is 7.28. The molecule has 0 radical (unpaired) electrons. The van der Waals surface area contributed by atoms with E-state index >= 15 is 0 Å². The first kappa shape index (κ1) is 22.8. The zero-order valence-corrected chi connectivity index (χ0v) is 18.7. The molecule has 0 saturated heterocycles. The van der Waals surface area contributed by atoms with Crippen LogP contribution in [0.5, 0.6) is 11.5 Å². The average molecular weight is 482 g/mol. The van der Waals surface area contributed by atoms with Crippen molar-refractivity contribution in [3.05, 3.63) is 57.5 Å². The molecule has 2 amide bonds. The Morgan fingerprint density at radius 2 is 2.00 bits per heavy atom. The maximum absolute atomic E-state index is 12.3. The number of benzene rings is 2. The van der Waals surface area contributed by atoms with E-state index in [-0.39, 0.29) is 18.4 Å². The monoisotopic (exact) mass is 480 g/mol. The van der Waals surface area contributed by atoms with E-state index in [9.17, 15) is 9.59 Å². The van der Waals surface area contributed by atoms with Gasteiger partial charge in [0.25, 0.3) is 0 Å². The molecule has 0 aromatic heterocycles. The van der Waals surface area contributed by atoms with Crippen LogP contribution in [0.15, 0.2) is 46.9 Å². The van der Waals surface area contributed by atoms with E-state index in [0.717, 1.165) is 4.47 Å². The van der Waals surface area contributed by atoms with Crippen molar-refractivity contribution >= 4 is 51.1 Å². The van der Waals surface area contributed by atoms with Crippen LogP contribution in [0.3, 0.4) is 0 Å². The number of carbonyl (C=O) groups excluding carboxylic acids is 2. The fourth-order valence-electron chi connectivity index (χ4n) is 2.46. The maximum atomic E-state index is 12.3. The summed E-state index contributed by atoms with van der Waals surface area (Å²) >= 11 is 9.60. The number of anilines is 1. The molecular formula is C21H22BrClN2O4. The summed E-state index contributed by atoms with van der Waals surface area (Å²) in [7, 11) is 3.07. The predicted octanol–water partition coefficient (Wildman–Crippen LogP) is 4.62. The Bertz CT molecular complexity index is 918. The van der Waals surface area contributed by atoms with Crippen LogP contribution in [0.1, 0.15) is 12.5 Å². The first-order valence-electron chi connectivity index (χ1n) is 8.83. The smallest absolute Gasteiger partial charge is 0.246 e. The third kappa shape index (κ3) is 6.51. The Labute approximate surface area is 183 Å². The second-order valence-electron chi connectivity index (χ2n) is 6.02. The topological polar surface area (TPSA) is 67.9 Å². The van der Waals surface area contributed by atoms with Gasteiger partial charge in [-0.15, -0.1) is 0 Å². The van der Waals surface area contributed by atoms with Gasteiger partial charge in [-0.2, -0.15) is 0 Å². The quantitative estimate of drug-likeness (QED) is 0.559. The molecule has 0 spiro atoms. The van der Waals surface area contributed by atoms with E-state index in [4.69, 9.17) is 21.1 Å². The van der Waals surface area contributed by atoms with Crippen molar-refractivity contribution in [3.8, 4) is 11.5 Å². The van der Waals surface area contributed by atoms with Gasteiger partial charge in [-0.1, -0.05) is 23.7 Å². The highest BCUT2D eigenvalue weighted by Crippen LogP contribution is 2.36. The number of methoxy groups -OCH3 is 1. The Hall–Kier alpha value is -2.51. The van der Waals surface area contributed by atoms with Gasteiger partial charge in [-0.05, 0) is 58.8 Å². The Balaban J connectivity index is 2.01. The first-order valence-corrected chi connectivity index (χ1v) is 10.0. The van der Waals surface area contributed by atoms with Gasteiger partial charge >= 0.3 is 0 Å². The van der Waals surface area contributed by atoms with Crippen molar-refractivity contribution < 1.29 is 19.1 Å². The molecule has 2 aromatic rings. The number of halogens is 2.